The summed E-state index contributed by atoms with van der Waals surface area (Å²) in [7, 11) is 1.41. The summed E-state index contributed by atoms with van der Waals surface area (Å²) in [5.41, 5.74) is 2.63. The second-order valence-electron chi connectivity index (χ2n) is 4.85. The summed E-state index contributed by atoms with van der Waals surface area (Å²) in [6.07, 6.45) is -0.673. The average molecular weight is 298 g/mol. The molecule has 0 N–H and O–H groups in total. The molecule has 0 aliphatic heterocycles. The van der Waals surface area contributed by atoms with Gasteiger partial charge in [-0.25, -0.2) is 4.79 Å². The summed E-state index contributed by atoms with van der Waals surface area (Å²) >= 11 is 0. The molecule has 1 atom stereocenters. The zero-order valence-corrected chi connectivity index (χ0v) is 12.6. The van der Waals surface area contributed by atoms with Gasteiger partial charge in [-0.1, -0.05) is 54.6 Å². The van der Waals surface area contributed by atoms with Crippen LogP contribution in [-0.2, 0) is 14.3 Å². The Morgan fingerprint density at radius 3 is 2.14 bits per heavy atom. The van der Waals surface area contributed by atoms with Gasteiger partial charge in [0.25, 0.3) is 0 Å². The number of methoxy groups -OCH3 is 1. The molecule has 2 aromatic carbocycles. The molecule has 0 unspecified atom stereocenters. The van der Waals surface area contributed by atoms with Gasteiger partial charge in [0.2, 0.25) is 0 Å². The van der Waals surface area contributed by atoms with Crippen LogP contribution in [0.25, 0.3) is 11.1 Å². The minimum atomic E-state index is -0.673. The molecule has 0 saturated heterocycles. The quantitative estimate of drug-likeness (QED) is 0.607. The van der Waals surface area contributed by atoms with Gasteiger partial charge in [0.15, 0.2) is 18.5 Å². The van der Waals surface area contributed by atoms with Gasteiger partial charge in [0, 0.05) is 12.7 Å². The van der Waals surface area contributed by atoms with E-state index in [1.54, 1.807) is 19.1 Å². The molecule has 22 heavy (non-hydrogen) atoms. The molecule has 4 heteroatoms. The molecule has 0 aliphatic carbocycles. The molecule has 2 rings (SSSR count). The van der Waals surface area contributed by atoms with Crippen LogP contribution >= 0.6 is 0 Å². The van der Waals surface area contributed by atoms with Crippen molar-refractivity contribution in [2.45, 2.75) is 13.0 Å². The lowest BCUT2D eigenvalue weighted by atomic mass is 10.0. The van der Waals surface area contributed by atoms with Gasteiger partial charge in [0.05, 0.1) is 0 Å². The predicted octanol–water partition coefficient (Wildman–Crippen LogP) is 3.11. The Morgan fingerprint density at radius 1 is 0.955 bits per heavy atom. The lowest BCUT2D eigenvalue weighted by Gasteiger charge is -2.09. The zero-order valence-electron chi connectivity index (χ0n) is 12.6. The van der Waals surface area contributed by atoms with Gasteiger partial charge < -0.3 is 9.47 Å². The summed E-state index contributed by atoms with van der Waals surface area (Å²) in [4.78, 5) is 23.4. The Hall–Kier alpha value is -2.46. The third-order valence-electron chi connectivity index (χ3n) is 3.35. The molecule has 4 nitrogen and oxygen atoms in total. The van der Waals surface area contributed by atoms with Crippen molar-refractivity contribution in [3.05, 3.63) is 60.2 Å². The second kappa shape index (κ2) is 7.52. The fourth-order valence-corrected chi connectivity index (χ4v) is 1.91. The average Bonchev–Trinajstić information content (AvgIpc) is 2.59. The number of hydrogen-bond donors (Lipinski definition) is 0. The third-order valence-corrected chi connectivity index (χ3v) is 3.35. The van der Waals surface area contributed by atoms with Crippen molar-refractivity contribution in [2.24, 2.45) is 0 Å². The molecular weight excluding hydrogens is 280 g/mol. The Kier molecular flexibility index (Phi) is 5.44. The van der Waals surface area contributed by atoms with E-state index in [9.17, 15) is 9.59 Å². The molecule has 0 aromatic heterocycles. The number of carbonyl (C=O) groups is 2. The minimum Gasteiger partial charge on any atom is -0.455 e. The van der Waals surface area contributed by atoms with E-state index in [0.29, 0.717) is 5.56 Å². The first-order valence-electron chi connectivity index (χ1n) is 7.00. The van der Waals surface area contributed by atoms with E-state index in [-0.39, 0.29) is 12.4 Å². The van der Waals surface area contributed by atoms with Crippen LogP contribution in [0.1, 0.15) is 17.3 Å². The van der Waals surface area contributed by atoms with Gasteiger partial charge >= 0.3 is 5.97 Å². The van der Waals surface area contributed by atoms with Crippen molar-refractivity contribution in [3.8, 4) is 11.1 Å². The molecule has 0 saturated carbocycles. The van der Waals surface area contributed by atoms with Crippen molar-refractivity contribution in [1.82, 2.24) is 0 Å². The predicted molar refractivity (Wildman–Crippen MR) is 83.6 cm³/mol. The minimum absolute atomic E-state index is 0.240. The normalized spacial score (nSPS) is 11.7. The number of ether oxygens (including phenoxy) is 2. The maximum Gasteiger partial charge on any atom is 0.335 e. The van der Waals surface area contributed by atoms with Crippen molar-refractivity contribution >= 4 is 11.8 Å². The van der Waals surface area contributed by atoms with Crippen LogP contribution in [0.4, 0.5) is 0 Å². The fourth-order valence-electron chi connectivity index (χ4n) is 1.91. The first-order valence-corrected chi connectivity index (χ1v) is 7.00. The summed E-state index contributed by atoms with van der Waals surface area (Å²) in [6.45, 7) is 1.29. The van der Waals surface area contributed by atoms with Gasteiger partial charge in [0.1, 0.15) is 0 Å². The number of carbonyl (C=O) groups excluding carboxylic acids is 2. The highest BCUT2D eigenvalue weighted by atomic mass is 16.6. The highest BCUT2D eigenvalue weighted by molar-refractivity contribution is 5.98. The Balaban J connectivity index is 1.98. The number of esters is 1. The standard InChI is InChI=1S/C18H18O4/c1-13(21-2)18(20)22-12-17(19)16-10-8-15(9-11-16)14-6-4-3-5-7-14/h3-11,13H,12H2,1-2H3/t13-/m1/s1. The number of rotatable bonds is 6. The van der Waals surface area contributed by atoms with Gasteiger partial charge in [-0.3, -0.25) is 4.79 Å². The Bertz CT molecular complexity index is 632. The molecule has 0 fully saturated rings. The number of benzene rings is 2. The van der Waals surface area contributed by atoms with E-state index in [4.69, 9.17) is 9.47 Å². The van der Waals surface area contributed by atoms with E-state index in [2.05, 4.69) is 0 Å². The summed E-state index contributed by atoms with van der Waals surface area (Å²) in [5.74, 6) is -0.784. The van der Waals surface area contributed by atoms with Gasteiger partial charge in [-0.15, -0.1) is 0 Å². The number of Topliss-reactive ketones (excluding diaryl/α,β-unsaturated/α-hetero) is 1. The lowest BCUT2D eigenvalue weighted by molar-refractivity contribution is -0.153. The summed E-state index contributed by atoms with van der Waals surface area (Å²) in [5, 5.41) is 0. The first kappa shape index (κ1) is 15.9. The van der Waals surface area contributed by atoms with Crippen molar-refractivity contribution in [3.63, 3.8) is 0 Å². The number of ketones is 1. The Labute approximate surface area is 129 Å². The van der Waals surface area contributed by atoms with Crippen LogP contribution < -0.4 is 0 Å². The second-order valence-corrected chi connectivity index (χ2v) is 4.85. The fraction of sp³-hybridized carbons (Fsp3) is 0.222. The Morgan fingerprint density at radius 2 is 1.55 bits per heavy atom. The molecule has 0 bridgehead atoms. The molecule has 0 radical (unpaired) electrons. The maximum atomic E-state index is 12.0. The summed E-state index contributed by atoms with van der Waals surface area (Å²) < 4.78 is 9.74. The van der Waals surface area contributed by atoms with Crippen LogP contribution in [0.5, 0.6) is 0 Å². The van der Waals surface area contributed by atoms with Gasteiger partial charge in [-0.05, 0) is 18.1 Å². The SMILES string of the molecule is CO[C@H](C)C(=O)OCC(=O)c1ccc(-c2ccccc2)cc1. The smallest absolute Gasteiger partial charge is 0.335 e. The van der Waals surface area contributed by atoms with Crippen LogP contribution in [0.3, 0.4) is 0 Å². The van der Waals surface area contributed by atoms with Crippen molar-refractivity contribution in [2.75, 3.05) is 13.7 Å². The maximum absolute atomic E-state index is 12.0. The molecule has 0 heterocycles. The van der Waals surface area contributed by atoms with Crippen LogP contribution in [0.15, 0.2) is 54.6 Å². The van der Waals surface area contributed by atoms with Gasteiger partial charge in [-0.2, -0.15) is 0 Å². The van der Waals surface area contributed by atoms with Crippen LogP contribution in [-0.4, -0.2) is 31.6 Å². The highest BCUT2D eigenvalue weighted by Gasteiger charge is 2.15. The molecule has 0 amide bonds. The monoisotopic (exact) mass is 298 g/mol. The first-order chi connectivity index (χ1) is 10.6. The molecule has 2 aromatic rings. The van der Waals surface area contributed by atoms with E-state index in [1.807, 2.05) is 42.5 Å². The van der Waals surface area contributed by atoms with Crippen molar-refractivity contribution in [1.29, 1.82) is 0 Å². The molecular formula is C18H18O4. The van der Waals surface area contributed by atoms with E-state index in [1.165, 1.54) is 7.11 Å². The van der Waals surface area contributed by atoms with Crippen LogP contribution in [0.2, 0.25) is 0 Å². The largest absolute Gasteiger partial charge is 0.455 e. The van der Waals surface area contributed by atoms with Crippen molar-refractivity contribution < 1.29 is 19.1 Å². The zero-order chi connectivity index (χ0) is 15.9. The van der Waals surface area contributed by atoms with E-state index in [0.717, 1.165) is 11.1 Å². The topological polar surface area (TPSA) is 52.6 Å². The third kappa shape index (κ3) is 4.02. The van der Waals surface area contributed by atoms with Crippen LogP contribution in [0, 0.1) is 0 Å². The molecule has 114 valence electrons. The van der Waals surface area contributed by atoms with E-state index < -0.39 is 12.1 Å². The van der Waals surface area contributed by atoms with E-state index >= 15 is 0 Å². The molecule has 0 aliphatic rings. The molecule has 0 spiro atoms. The summed E-state index contributed by atoms with van der Waals surface area (Å²) in [6, 6.07) is 17.1. The number of hydrogen-bond acceptors (Lipinski definition) is 4. The highest BCUT2D eigenvalue weighted by Crippen LogP contribution is 2.19. The lowest BCUT2D eigenvalue weighted by Crippen LogP contribution is -2.24.